The predicted octanol–water partition coefficient (Wildman–Crippen LogP) is 4.97. The lowest BCUT2D eigenvalue weighted by Gasteiger charge is -2.11. The molecule has 0 saturated carbocycles. The van der Waals surface area contributed by atoms with E-state index >= 15 is 0 Å². The number of carbonyl (C=O) groups is 1. The van der Waals surface area contributed by atoms with Crippen LogP contribution in [0.5, 0.6) is 11.5 Å². The molecule has 0 N–H and O–H groups in total. The van der Waals surface area contributed by atoms with Crippen molar-refractivity contribution in [2.75, 3.05) is 7.11 Å². The quantitative estimate of drug-likeness (QED) is 0.389. The molecule has 1 aliphatic heterocycles. The van der Waals surface area contributed by atoms with Crippen LogP contribution in [0.4, 0.5) is 0 Å². The van der Waals surface area contributed by atoms with Crippen molar-refractivity contribution in [2.24, 2.45) is 4.99 Å². The fourth-order valence-corrected chi connectivity index (χ4v) is 2.97. The molecule has 0 spiro atoms. The van der Waals surface area contributed by atoms with Crippen LogP contribution >= 0.6 is 15.9 Å². The van der Waals surface area contributed by atoms with E-state index in [1.54, 1.807) is 37.5 Å². The number of furan rings is 1. The Morgan fingerprint density at radius 1 is 1.10 bits per heavy atom. The van der Waals surface area contributed by atoms with Crippen LogP contribution in [0.2, 0.25) is 0 Å². The number of cyclic esters (lactones) is 1. The first-order chi connectivity index (χ1) is 14.1. The van der Waals surface area contributed by atoms with E-state index in [1.807, 2.05) is 30.3 Å². The number of nitrogens with zero attached hydrogens (tertiary/aromatic N) is 1. The van der Waals surface area contributed by atoms with E-state index in [-0.39, 0.29) is 11.6 Å². The Balaban J connectivity index is 1.52. The molecule has 0 aliphatic carbocycles. The fourth-order valence-electron chi connectivity index (χ4n) is 2.71. The Hall–Kier alpha value is -3.32. The van der Waals surface area contributed by atoms with Gasteiger partial charge in [-0.2, -0.15) is 0 Å². The summed E-state index contributed by atoms with van der Waals surface area (Å²) in [6, 6.07) is 16.7. The molecule has 29 heavy (non-hydrogen) atoms. The zero-order valence-electron chi connectivity index (χ0n) is 15.4. The molecular formula is C22H16BrNO5. The molecule has 0 fully saturated rings. The van der Waals surface area contributed by atoms with Gasteiger partial charge in [0.05, 0.1) is 13.4 Å². The van der Waals surface area contributed by atoms with E-state index in [2.05, 4.69) is 20.9 Å². The third kappa shape index (κ3) is 4.41. The molecule has 0 radical (unpaired) electrons. The van der Waals surface area contributed by atoms with E-state index in [9.17, 15) is 4.79 Å². The normalized spacial score (nSPS) is 14.6. The van der Waals surface area contributed by atoms with Crippen LogP contribution in [0.3, 0.4) is 0 Å². The Kier molecular flexibility index (Phi) is 5.48. The molecule has 0 bridgehead atoms. The van der Waals surface area contributed by atoms with Crippen LogP contribution in [0.25, 0.3) is 6.08 Å². The largest absolute Gasteiger partial charge is 0.493 e. The molecule has 0 atom stereocenters. The number of methoxy groups -OCH3 is 1. The van der Waals surface area contributed by atoms with E-state index in [0.717, 1.165) is 15.6 Å². The summed E-state index contributed by atoms with van der Waals surface area (Å²) < 4.78 is 22.7. The van der Waals surface area contributed by atoms with Crippen LogP contribution in [0.15, 0.2) is 80.4 Å². The number of ether oxygens (including phenoxy) is 3. The lowest BCUT2D eigenvalue weighted by Crippen LogP contribution is -2.04. The van der Waals surface area contributed by atoms with Crippen LogP contribution in [0, 0.1) is 0 Å². The highest BCUT2D eigenvalue weighted by molar-refractivity contribution is 9.10. The zero-order chi connectivity index (χ0) is 20.2. The Morgan fingerprint density at radius 3 is 2.66 bits per heavy atom. The standard InChI is InChI=1S/C22H16BrNO5/c1-26-20-12-15(6-9-18(20)28-13-14-4-7-16(23)8-5-14)11-17-22(25)29-21(24-17)19-3-2-10-27-19/h2-12H,13H2,1H3/b17-11-. The molecule has 0 amide bonds. The number of hydrogen-bond acceptors (Lipinski definition) is 6. The van der Waals surface area contributed by atoms with Crippen molar-refractivity contribution in [2.45, 2.75) is 6.61 Å². The summed E-state index contributed by atoms with van der Waals surface area (Å²) in [5, 5.41) is 0. The zero-order valence-corrected chi connectivity index (χ0v) is 17.0. The number of halogens is 1. The third-order valence-electron chi connectivity index (χ3n) is 4.15. The number of esters is 1. The first-order valence-corrected chi connectivity index (χ1v) is 9.53. The number of aliphatic imine (C=N–C) groups is 1. The van der Waals surface area contributed by atoms with Crippen LogP contribution < -0.4 is 9.47 Å². The first kappa shape index (κ1) is 19.0. The van der Waals surface area contributed by atoms with Gasteiger partial charge in [0.1, 0.15) is 6.61 Å². The maximum atomic E-state index is 12.1. The van der Waals surface area contributed by atoms with E-state index in [0.29, 0.717) is 23.9 Å². The monoisotopic (exact) mass is 453 g/mol. The molecule has 0 saturated heterocycles. The van der Waals surface area contributed by atoms with Gasteiger partial charge in [-0.1, -0.05) is 34.1 Å². The van der Waals surface area contributed by atoms with Gasteiger partial charge in [0.25, 0.3) is 5.90 Å². The average molecular weight is 454 g/mol. The molecular weight excluding hydrogens is 438 g/mol. The second-order valence-electron chi connectivity index (χ2n) is 6.14. The topological polar surface area (TPSA) is 70.3 Å². The lowest BCUT2D eigenvalue weighted by molar-refractivity contribution is -0.130. The van der Waals surface area contributed by atoms with Crippen LogP contribution in [-0.2, 0) is 16.1 Å². The van der Waals surface area contributed by atoms with Crippen molar-refractivity contribution in [1.82, 2.24) is 0 Å². The fraction of sp³-hybridized carbons (Fsp3) is 0.0909. The minimum atomic E-state index is -0.536. The van der Waals surface area contributed by atoms with Crippen LogP contribution in [0.1, 0.15) is 16.9 Å². The molecule has 0 unspecified atom stereocenters. The highest BCUT2D eigenvalue weighted by Gasteiger charge is 2.25. The average Bonchev–Trinajstić information content (AvgIpc) is 3.38. The minimum Gasteiger partial charge on any atom is -0.493 e. The summed E-state index contributed by atoms with van der Waals surface area (Å²) in [4.78, 5) is 16.3. The molecule has 7 heteroatoms. The van der Waals surface area contributed by atoms with Crippen molar-refractivity contribution in [3.8, 4) is 11.5 Å². The maximum Gasteiger partial charge on any atom is 0.363 e. The minimum absolute atomic E-state index is 0.146. The first-order valence-electron chi connectivity index (χ1n) is 8.74. The van der Waals surface area contributed by atoms with Gasteiger partial charge in [0.2, 0.25) is 0 Å². The predicted molar refractivity (Wildman–Crippen MR) is 111 cm³/mol. The van der Waals surface area contributed by atoms with Crippen molar-refractivity contribution < 1.29 is 23.4 Å². The number of rotatable bonds is 6. The third-order valence-corrected chi connectivity index (χ3v) is 4.68. The van der Waals surface area contributed by atoms with Gasteiger partial charge < -0.3 is 18.6 Å². The Labute approximate surface area is 175 Å². The molecule has 2 aromatic carbocycles. The summed E-state index contributed by atoms with van der Waals surface area (Å²) in [7, 11) is 1.57. The number of hydrogen-bond donors (Lipinski definition) is 0. The van der Waals surface area contributed by atoms with E-state index < -0.39 is 5.97 Å². The van der Waals surface area contributed by atoms with Crippen molar-refractivity contribution in [1.29, 1.82) is 0 Å². The van der Waals surface area contributed by atoms with Crippen LogP contribution in [-0.4, -0.2) is 19.0 Å². The molecule has 6 nitrogen and oxygen atoms in total. The smallest absolute Gasteiger partial charge is 0.363 e. The summed E-state index contributed by atoms with van der Waals surface area (Å²) >= 11 is 3.41. The van der Waals surface area contributed by atoms with Gasteiger partial charge in [-0.3, -0.25) is 0 Å². The molecule has 2 heterocycles. The molecule has 1 aliphatic rings. The van der Waals surface area contributed by atoms with Gasteiger partial charge in [-0.15, -0.1) is 0 Å². The van der Waals surface area contributed by atoms with Crippen molar-refractivity contribution in [3.63, 3.8) is 0 Å². The molecule has 4 rings (SSSR count). The van der Waals surface area contributed by atoms with Crippen molar-refractivity contribution >= 4 is 33.9 Å². The van der Waals surface area contributed by atoms with E-state index in [4.69, 9.17) is 18.6 Å². The molecule has 146 valence electrons. The highest BCUT2D eigenvalue weighted by Crippen LogP contribution is 2.30. The van der Waals surface area contributed by atoms with Gasteiger partial charge in [-0.25, -0.2) is 9.79 Å². The molecule has 1 aromatic heterocycles. The number of carbonyl (C=O) groups excluding carboxylic acids is 1. The summed E-state index contributed by atoms with van der Waals surface area (Å²) in [5.41, 5.74) is 1.95. The highest BCUT2D eigenvalue weighted by atomic mass is 79.9. The Bertz CT molecular complexity index is 1080. The number of benzene rings is 2. The summed E-state index contributed by atoms with van der Waals surface area (Å²) in [5.74, 6) is 1.17. The second kappa shape index (κ2) is 8.36. The lowest BCUT2D eigenvalue weighted by atomic mass is 10.1. The van der Waals surface area contributed by atoms with Crippen molar-refractivity contribution in [3.05, 3.63) is 87.9 Å². The summed E-state index contributed by atoms with van der Waals surface area (Å²) in [6.45, 7) is 0.410. The van der Waals surface area contributed by atoms with Gasteiger partial charge in [0, 0.05) is 4.47 Å². The summed E-state index contributed by atoms with van der Waals surface area (Å²) in [6.07, 6.45) is 3.12. The second-order valence-corrected chi connectivity index (χ2v) is 7.05. The Morgan fingerprint density at radius 2 is 1.93 bits per heavy atom. The van der Waals surface area contributed by atoms with E-state index in [1.165, 1.54) is 6.26 Å². The maximum absolute atomic E-state index is 12.1. The SMILES string of the molecule is COc1cc(/C=C2\N=C(c3ccco3)OC2=O)ccc1OCc1ccc(Br)cc1. The van der Waals surface area contributed by atoms with Gasteiger partial charge >= 0.3 is 5.97 Å². The van der Waals surface area contributed by atoms with Gasteiger partial charge in [-0.05, 0) is 53.6 Å². The van der Waals surface area contributed by atoms with Gasteiger partial charge in [0.15, 0.2) is 23.0 Å². The molecule has 3 aromatic rings.